The molecule has 5 nitrogen and oxygen atoms in total. The molecule has 2 aromatic rings. The summed E-state index contributed by atoms with van der Waals surface area (Å²) in [7, 11) is 3.62. The van der Waals surface area contributed by atoms with Crippen molar-refractivity contribution in [3.8, 4) is 11.1 Å². The first kappa shape index (κ1) is 17.0. The molecule has 0 spiro atoms. The van der Waals surface area contributed by atoms with E-state index in [-0.39, 0.29) is 5.91 Å². The van der Waals surface area contributed by atoms with Crippen LogP contribution in [0.2, 0.25) is 0 Å². The number of anilines is 2. The molecule has 2 aliphatic rings. The summed E-state index contributed by atoms with van der Waals surface area (Å²) < 4.78 is 5.38. The molecule has 1 aromatic carbocycles. The highest BCUT2D eigenvalue weighted by atomic mass is 16.5. The number of aryl methyl sites for hydroxylation is 1. The molecule has 1 unspecified atom stereocenters. The predicted molar refractivity (Wildman–Crippen MR) is 104 cm³/mol. The van der Waals surface area contributed by atoms with Crippen molar-refractivity contribution in [2.75, 3.05) is 37.1 Å². The Bertz CT molecular complexity index is 821. The molecule has 1 saturated heterocycles. The number of aromatic nitrogens is 1. The normalized spacial score (nSPS) is 19.8. The summed E-state index contributed by atoms with van der Waals surface area (Å²) in [5.41, 5.74) is 5.69. The second-order valence-electron chi connectivity index (χ2n) is 7.17. The van der Waals surface area contributed by atoms with Crippen LogP contribution >= 0.6 is 0 Å². The van der Waals surface area contributed by atoms with Gasteiger partial charge >= 0.3 is 0 Å². The lowest BCUT2D eigenvalue weighted by atomic mass is 9.96. The number of hydrogen-bond donors (Lipinski definition) is 0. The first-order valence-electron chi connectivity index (χ1n) is 9.28. The molecule has 2 aliphatic heterocycles. The summed E-state index contributed by atoms with van der Waals surface area (Å²) in [4.78, 5) is 20.5. The van der Waals surface area contributed by atoms with Gasteiger partial charge in [-0.15, -0.1) is 0 Å². The summed E-state index contributed by atoms with van der Waals surface area (Å²) in [6.45, 7) is 1.81. The fraction of sp³-hybridized carbons (Fsp3) is 0.429. The Balaban J connectivity index is 1.64. The van der Waals surface area contributed by atoms with Gasteiger partial charge in [0.1, 0.15) is 0 Å². The zero-order chi connectivity index (χ0) is 18.1. The van der Waals surface area contributed by atoms with E-state index in [9.17, 15) is 4.79 Å². The summed E-state index contributed by atoms with van der Waals surface area (Å²) in [5, 5.41) is 0. The van der Waals surface area contributed by atoms with Crippen molar-refractivity contribution in [2.24, 2.45) is 0 Å². The van der Waals surface area contributed by atoms with Crippen molar-refractivity contribution in [3.63, 3.8) is 0 Å². The van der Waals surface area contributed by atoms with E-state index < -0.39 is 0 Å². The van der Waals surface area contributed by atoms with Gasteiger partial charge < -0.3 is 14.5 Å². The molecule has 3 heterocycles. The summed E-state index contributed by atoms with van der Waals surface area (Å²) in [6, 6.07) is 9.00. The quantitative estimate of drug-likeness (QED) is 0.848. The maximum atomic E-state index is 11.9. The molecule has 26 heavy (non-hydrogen) atoms. The number of nitrogens with zero attached hydrogens (tertiary/aromatic N) is 3. The largest absolute Gasteiger partial charge is 0.383 e. The van der Waals surface area contributed by atoms with Gasteiger partial charge in [0.2, 0.25) is 5.91 Å². The Labute approximate surface area is 154 Å². The number of amides is 1. The zero-order valence-corrected chi connectivity index (χ0v) is 15.4. The summed E-state index contributed by atoms with van der Waals surface area (Å²) in [6.07, 6.45) is 7.61. The highest BCUT2D eigenvalue weighted by Crippen LogP contribution is 2.33. The standard InChI is InChI=1S/C21H25N3O2/c1-23-20-7-5-15(10-16(20)6-8-21(23)25)17-11-19(13-22-12-17)24-9-3-4-18(24)14-26-2/h5,7,10-13,18H,3-4,6,8-9,14H2,1-2H3. The van der Waals surface area contributed by atoms with Crippen LogP contribution < -0.4 is 9.80 Å². The Hall–Kier alpha value is -2.40. The fourth-order valence-corrected chi connectivity index (χ4v) is 4.12. The molecular weight excluding hydrogens is 326 g/mol. The molecule has 1 aromatic heterocycles. The maximum Gasteiger partial charge on any atom is 0.227 e. The molecule has 5 heteroatoms. The topological polar surface area (TPSA) is 45.7 Å². The smallest absolute Gasteiger partial charge is 0.227 e. The second kappa shape index (κ2) is 7.08. The highest BCUT2D eigenvalue weighted by Gasteiger charge is 2.25. The first-order chi connectivity index (χ1) is 12.7. The van der Waals surface area contributed by atoms with Gasteiger partial charge in [0.05, 0.1) is 24.5 Å². The predicted octanol–water partition coefficient (Wildman–Crippen LogP) is 3.27. The number of rotatable bonds is 4. The number of hydrogen-bond acceptors (Lipinski definition) is 4. The van der Waals surface area contributed by atoms with E-state index in [0.29, 0.717) is 12.5 Å². The van der Waals surface area contributed by atoms with Crippen LogP contribution in [0.3, 0.4) is 0 Å². The number of carbonyl (C=O) groups excluding carboxylic acids is 1. The van der Waals surface area contributed by atoms with Crippen LogP contribution in [0.5, 0.6) is 0 Å². The van der Waals surface area contributed by atoms with Crippen molar-refractivity contribution >= 4 is 17.3 Å². The molecule has 0 N–H and O–H groups in total. The third-order valence-electron chi connectivity index (χ3n) is 5.55. The molecule has 1 amide bonds. The van der Waals surface area contributed by atoms with Crippen LogP contribution in [0, 0.1) is 0 Å². The monoisotopic (exact) mass is 351 g/mol. The number of ether oxygens (including phenoxy) is 1. The second-order valence-corrected chi connectivity index (χ2v) is 7.17. The van der Waals surface area contributed by atoms with E-state index in [1.807, 2.05) is 19.4 Å². The van der Waals surface area contributed by atoms with Crippen molar-refractivity contribution in [1.29, 1.82) is 0 Å². The van der Waals surface area contributed by atoms with E-state index >= 15 is 0 Å². The van der Waals surface area contributed by atoms with Crippen LogP contribution in [0.1, 0.15) is 24.8 Å². The number of pyridine rings is 1. The number of benzene rings is 1. The van der Waals surface area contributed by atoms with Gasteiger partial charge in [0.25, 0.3) is 0 Å². The molecule has 0 aliphatic carbocycles. The number of fused-ring (bicyclic) bond motifs is 1. The summed E-state index contributed by atoms with van der Waals surface area (Å²) in [5.74, 6) is 0.187. The zero-order valence-electron chi connectivity index (χ0n) is 15.4. The minimum Gasteiger partial charge on any atom is -0.383 e. The lowest BCUT2D eigenvalue weighted by Gasteiger charge is -2.27. The van der Waals surface area contributed by atoms with Crippen molar-refractivity contribution < 1.29 is 9.53 Å². The van der Waals surface area contributed by atoms with Crippen LogP contribution in [-0.4, -0.2) is 44.2 Å². The number of carbonyl (C=O) groups is 1. The van der Waals surface area contributed by atoms with Crippen LogP contribution in [-0.2, 0) is 16.0 Å². The van der Waals surface area contributed by atoms with E-state index in [2.05, 4.69) is 34.1 Å². The minimum atomic E-state index is 0.187. The maximum absolute atomic E-state index is 11.9. The molecule has 136 valence electrons. The summed E-state index contributed by atoms with van der Waals surface area (Å²) >= 11 is 0. The van der Waals surface area contributed by atoms with Gasteiger partial charge in [-0.1, -0.05) is 6.07 Å². The first-order valence-corrected chi connectivity index (χ1v) is 9.28. The third kappa shape index (κ3) is 3.07. The molecule has 1 atom stereocenters. The minimum absolute atomic E-state index is 0.187. The van der Waals surface area contributed by atoms with Crippen molar-refractivity contribution in [1.82, 2.24) is 4.98 Å². The van der Waals surface area contributed by atoms with Gasteiger partial charge in [-0.3, -0.25) is 9.78 Å². The lowest BCUT2D eigenvalue weighted by Crippen LogP contribution is -2.32. The van der Waals surface area contributed by atoms with E-state index in [4.69, 9.17) is 4.74 Å². The van der Waals surface area contributed by atoms with E-state index in [1.54, 1.807) is 12.0 Å². The van der Waals surface area contributed by atoms with Gasteiger partial charge in [0, 0.05) is 44.6 Å². The Morgan fingerprint density at radius 3 is 2.92 bits per heavy atom. The SMILES string of the molecule is COCC1CCCN1c1cncc(-c2ccc3c(c2)CCC(=O)N3C)c1. The molecule has 4 rings (SSSR count). The van der Waals surface area contributed by atoms with Crippen molar-refractivity contribution in [2.45, 2.75) is 31.7 Å². The average Bonchev–Trinajstić information content (AvgIpc) is 3.13. The van der Waals surface area contributed by atoms with E-state index in [0.717, 1.165) is 48.5 Å². The lowest BCUT2D eigenvalue weighted by molar-refractivity contribution is -0.118. The number of methoxy groups -OCH3 is 1. The molecule has 1 fully saturated rings. The van der Waals surface area contributed by atoms with Gasteiger partial charge in [0.15, 0.2) is 0 Å². The Morgan fingerprint density at radius 1 is 1.19 bits per heavy atom. The Kier molecular flexibility index (Phi) is 4.64. The molecule has 0 saturated carbocycles. The van der Waals surface area contributed by atoms with Crippen LogP contribution in [0.4, 0.5) is 11.4 Å². The van der Waals surface area contributed by atoms with Gasteiger partial charge in [-0.2, -0.15) is 0 Å². The molecular formula is C21H25N3O2. The molecule has 0 bridgehead atoms. The van der Waals surface area contributed by atoms with E-state index in [1.165, 1.54) is 12.0 Å². The van der Waals surface area contributed by atoms with Crippen LogP contribution in [0.25, 0.3) is 11.1 Å². The fourth-order valence-electron chi connectivity index (χ4n) is 4.12. The highest BCUT2D eigenvalue weighted by molar-refractivity contribution is 5.96. The third-order valence-corrected chi connectivity index (χ3v) is 5.55. The molecule has 0 radical (unpaired) electrons. The van der Waals surface area contributed by atoms with Gasteiger partial charge in [-0.25, -0.2) is 0 Å². The van der Waals surface area contributed by atoms with Gasteiger partial charge in [-0.05, 0) is 48.6 Å². The average molecular weight is 351 g/mol. The van der Waals surface area contributed by atoms with Crippen LogP contribution in [0.15, 0.2) is 36.7 Å². The van der Waals surface area contributed by atoms with Crippen molar-refractivity contribution in [3.05, 3.63) is 42.2 Å². The Morgan fingerprint density at radius 2 is 2.08 bits per heavy atom.